The van der Waals surface area contributed by atoms with Crippen LogP contribution in [0.15, 0.2) is 35.4 Å². The number of benzene rings is 1. The first-order valence-corrected chi connectivity index (χ1v) is 8.35. The molecular formula is C13H15Cl2N3O2S. The number of rotatable bonds is 5. The van der Waals surface area contributed by atoms with Crippen LogP contribution in [0.4, 0.5) is 5.69 Å². The van der Waals surface area contributed by atoms with E-state index >= 15 is 0 Å². The Bertz CT molecular complexity index is 737. The maximum Gasteiger partial charge on any atom is 0.263 e. The molecule has 0 spiro atoms. The third-order valence-corrected chi connectivity index (χ3v) is 4.90. The Morgan fingerprint density at radius 1 is 1.24 bits per heavy atom. The summed E-state index contributed by atoms with van der Waals surface area (Å²) in [5, 5.41) is 3.47. The van der Waals surface area contributed by atoms with Gasteiger partial charge in [0.25, 0.3) is 10.0 Å². The van der Waals surface area contributed by atoms with Crippen molar-refractivity contribution >= 4 is 38.9 Å². The molecule has 0 bridgehead atoms. The van der Waals surface area contributed by atoms with E-state index in [1.807, 2.05) is 0 Å². The van der Waals surface area contributed by atoms with Crippen LogP contribution < -0.4 is 10.0 Å². The van der Waals surface area contributed by atoms with Gasteiger partial charge >= 0.3 is 0 Å². The minimum atomic E-state index is -3.75. The first kappa shape index (κ1) is 16.2. The lowest BCUT2D eigenvalue weighted by molar-refractivity contribution is 0.601. The Hall–Kier alpha value is -1.21. The molecule has 0 aliphatic rings. The van der Waals surface area contributed by atoms with Crippen molar-refractivity contribution in [3.8, 4) is 0 Å². The number of nitrogens with one attached hydrogen (secondary N) is 2. The summed E-state index contributed by atoms with van der Waals surface area (Å²) in [7, 11) is -0.165. The molecule has 0 unspecified atom stereocenters. The molecular weight excluding hydrogens is 333 g/mol. The zero-order valence-electron chi connectivity index (χ0n) is 11.5. The second-order valence-electron chi connectivity index (χ2n) is 4.51. The van der Waals surface area contributed by atoms with E-state index in [0.29, 0.717) is 6.54 Å². The van der Waals surface area contributed by atoms with Crippen molar-refractivity contribution in [2.45, 2.75) is 11.4 Å². The van der Waals surface area contributed by atoms with Gasteiger partial charge in [-0.2, -0.15) is 0 Å². The van der Waals surface area contributed by atoms with Crippen molar-refractivity contribution in [2.75, 3.05) is 11.8 Å². The van der Waals surface area contributed by atoms with Gasteiger partial charge in [-0.15, -0.1) is 0 Å². The van der Waals surface area contributed by atoms with Gasteiger partial charge in [-0.1, -0.05) is 29.3 Å². The molecule has 0 aliphatic carbocycles. The molecule has 5 nitrogen and oxygen atoms in total. The standard InChI is InChI=1S/C13H15Cl2N3O2S/c1-16-7-9-6-10(8-18(9)2)21(19,20)17-13-11(14)4-3-5-12(13)15/h3-6,8,16-17H,7H2,1-2H3. The molecule has 0 saturated heterocycles. The summed E-state index contributed by atoms with van der Waals surface area (Å²) >= 11 is 12.0. The van der Waals surface area contributed by atoms with Gasteiger partial charge in [-0.05, 0) is 25.2 Å². The molecule has 2 N–H and O–H groups in total. The van der Waals surface area contributed by atoms with Crippen LogP contribution in [0.2, 0.25) is 10.0 Å². The molecule has 0 aliphatic heterocycles. The van der Waals surface area contributed by atoms with Gasteiger partial charge in [0.05, 0.1) is 15.7 Å². The molecule has 0 fully saturated rings. The van der Waals surface area contributed by atoms with Crippen LogP contribution in [0.3, 0.4) is 0 Å². The second-order valence-corrected chi connectivity index (χ2v) is 7.01. The van der Waals surface area contributed by atoms with E-state index in [2.05, 4.69) is 10.0 Å². The lowest BCUT2D eigenvalue weighted by Gasteiger charge is -2.09. The Labute approximate surface area is 133 Å². The van der Waals surface area contributed by atoms with Gasteiger partial charge < -0.3 is 9.88 Å². The fourth-order valence-electron chi connectivity index (χ4n) is 1.87. The highest BCUT2D eigenvalue weighted by Crippen LogP contribution is 2.32. The summed E-state index contributed by atoms with van der Waals surface area (Å²) in [4.78, 5) is 0.159. The number of sulfonamides is 1. The summed E-state index contributed by atoms with van der Waals surface area (Å²) in [6, 6.07) is 6.39. The molecule has 0 radical (unpaired) electrons. The Morgan fingerprint density at radius 2 is 1.86 bits per heavy atom. The van der Waals surface area contributed by atoms with E-state index in [1.165, 1.54) is 0 Å². The van der Waals surface area contributed by atoms with Gasteiger partial charge in [-0.25, -0.2) is 8.42 Å². The summed E-state index contributed by atoms with van der Waals surface area (Å²) in [5.74, 6) is 0. The van der Waals surface area contributed by atoms with Crippen molar-refractivity contribution in [1.82, 2.24) is 9.88 Å². The fraction of sp³-hybridized carbons (Fsp3) is 0.231. The Kier molecular flexibility index (Phi) is 4.83. The quantitative estimate of drug-likeness (QED) is 0.873. The molecule has 0 atom stereocenters. The van der Waals surface area contributed by atoms with E-state index in [1.54, 1.807) is 49.1 Å². The molecule has 8 heteroatoms. The highest BCUT2D eigenvalue weighted by atomic mass is 35.5. The number of hydrogen-bond donors (Lipinski definition) is 2. The van der Waals surface area contributed by atoms with Gasteiger partial charge in [0.15, 0.2) is 0 Å². The minimum Gasteiger partial charge on any atom is -0.352 e. The lowest BCUT2D eigenvalue weighted by Crippen LogP contribution is -2.13. The van der Waals surface area contributed by atoms with Crippen molar-refractivity contribution in [3.63, 3.8) is 0 Å². The van der Waals surface area contributed by atoms with Crippen molar-refractivity contribution in [2.24, 2.45) is 7.05 Å². The van der Waals surface area contributed by atoms with Gasteiger partial charge in [0.2, 0.25) is 0 Å². The summed E-state index contributed by atoms with van der Waals surface area (Å²) < 4.78 is 29.0. The summed E-state index contributed by atoms with van der Waals surface area (Å²) in [6.07, 6.45) is 1.54. The highest BCUT2D eigenvalue weighted by Gasteiger charge is 2.20. The van der Waals surface area contributed by atoms with Crippen LogP contribution in [-0.2, 0) is 23.6 Å². The predicted octanol–water partition coefficient (Wildman–Crippen LogP) is 2.85. The third kappa shape index (κ3) is 3.52. The topological polar surface area (TPSA) is 63.1 Å². The maximum absolute atomic E-state index is 12.4. The largest absolute Gasteiger partial charge is 0.352 e. The van der Waals surface area contributed by atoms with Crippen molar-refractivity contribution in [3.05, 3.63) is 46.2 Å². The van der Waals surface area contributed by atoms with Crippen LogP contribution in [0.25, 0.3) is 0 Å². The maximum atomic E-state index is 12.4. The molecule has 0 amide bonds. The number of aryl methyl sites for hydroxylation is 1. The number of anilines is 1. The first-order chi connectivity index (χ1) is 9.85. The van der Waals surface area contributed by atoms with E-state index < -0.39 is 10.0 Å². The molecule has 21 heavy (non-hydrogen) atoms. The normalized spacial score (nSPS) is 11.6. The zero-order valence-corrected chi connectivity index (χ0v) is 13.9. The van der Waals surface area contributed by atoms with Gasteiger partial charge in [-0.3, -0.25) is 4.72 Å². The van der Waals surface area contributed by atoms with E-state index in [0.717, 1.165) is 5.69 Å². The van der Waals surface area contributed by atoms with Crippen LogP contribution in [-0.4, -0.2) is 20.0 Å². The summed E-state index contributed by atoms with van der Waals surface area (Å²) in [6.45, 7) is 0.568. The fourth-order valence-corrected chi connectivity index (χ4v) is 3.67. The number of hydrogen-bond acceptors (Lipinski definition) is 3. The average Bonchev–Trinajstić information content (AvgIpc) is 2.77. The molecule has 0 saturated carbocycles. The van der Waals surface area contributed by atoms with Crippen LogP contribution in [0.1, 0.15) is 5.69 Å². The molecule has 2 aromatic rings. The van der Waals surface area contributed by atoms with E-state index in [9.17, 15) is 8.42 Å². The number of para-hydroxylation sites is 1. The van der Waals surface area contributed by atoms with Crippen LogP contribution in [0, 0.1) is 0 Å². The smallest absolute Gasteiger partial charge is 0.263 e. The Morgan fingerprint density at radius 3 is 2.43 bits per heavy atom. The molecule has 1 aromatic heterocycles. The second kappa shape index (κ2) is 6.27. The SMILES string of the molecule is CNCc1cc(S(=O)(=O)Nc2c(Cl)cccc2Cl)cn1C. The van der Waals surface area contributed by atoms with E-state index in [-0.39, 0.29) is 20.6 Å². The lowest BCUT2D eigenvalue weighted by atomic mass is 10.3. The van der Waals surface area contributed by atoms with Crippen molar-refractivity contribution < 1.29 is 8.42 Å². The average molecular weight is 348 g/mol. The number of aromatic nitrogens is 1. The third-order valence-electron chi connectivity index (χ3n) is 2.95. The number of nitrogens with zero attached hydrogens (tertiary/aromatic N) is 1. The highest BCUT2D eigenvalue weighted by molar-refractivity contribution is 7.92. The van der Waals surface area contributed by atoms with Crippen molar-refractivity contribution in [1.29, 1.82) is 0 Å². The summed E-state index contributed by atoms with van der Waals surface area (Å²) in [5.41, 5.74) is 1.03. The predicted molar refractivity (Wildman–Crippen MR) is 85.4 cm³/mol. The number of halogens is 2. The molecule has 114 valence electrons. The minimum absolute atomic E-state index is 0.159. The molecule has 1 aromatic carbocycles. The van der Waals surface area contributed by atoms with Crippen LogP contribution >= 0.6 is 23.2 Å². The van der Waals surface area contributed by atoms with Gasteiger partial charge in [0.1, 0.15) is 4.90 Å². The zero-order chi connectivity index (χ0) is 15.6. The van der Waals surface area contributed by atoms with Crippen LogP contribution in [0.5, 0.6) is 0 Å². The monoisotopic (exact) mass is 347 g/mol. The molecule has 2 rings (SSSR count). The first-order valence-electron chi connectivity index (χ1n) is 6.12. The molecule has 1 heterocycles. The Balaban J connectivity index is 2.37. The van der Waals surface area contributed by atoms with Gasteiger partial charge in [0, 0.05) is 25.5 Å². The van der Waals surface area contributed by atoms with E-state index in [4.69, 9.17) is 23.2 Å².